The quantitative estimate of drug-likeness (QED) is 0.710. The third-order valence-electron chi connectivity index (χ3n) is 5.85. The summed E-state index contributed by atoms with van der Waals surface area (Å²) < 4.78 is 0. The molecule has 2 aliphatic carbocycles. The van der Waals surface area contributed by atoms with E-state index < -0.39 is 0 Å². The molecule has 28 heavy (non-hydrogen) atoms. The summed E-state index contributed by atoms with van der Waals surface area (Å²) in [7, 11) is 2.08. The first-order valence-electron chi connectivity index (χ1n) is 9.31. The van der Waals surface area contributed by atoms with Gasteiger partial charge in [0.05, 0.1) is 17.1 Å². The van der Waals surface area contributed by atoms with Crippen molar-refractivity contribution in [3.8, 4) is 0 Å². The van der Waals surface area contributed by atoms with Crippen LogP contribution in [-0.4, -0.2) is 28.9 Å². The maximum Gasteiger partial charge on any atom is 0.229 e. The lowest BCUT2D eigenvalue weighted by Crippen LogP contribution is -2.42. The van der Waals surface area contributed by atoms with Gasteiger partial charge in [-0.05, 0) is 55.8 Å². The van der Waals surface area contributed by atoms with Crippen LogP contribution < -0.4 is 11.1 Å². The van der Waals surface area contributed by atoms with Crippen LogP contribution in [0.3, 0.4) is 0 Å². The molecule has 1 heterocycles. The van der Waals surface area contributed by atoms with Crippen molar-refractivity contribution >= 4 is 47.7 Å². The van der Waals surface area contributed by atoms with Crippen LogP contribution in [0.15, 0.2) is 35.2 Å². The summed E-state index contributed by atoms with van der Waals surface area (Å²) in [6.45, 7) is 1.63. The predicted octanol–water partition coefficient (Wildman–Crippen LogP) is 3.93. The molecule has 2 saturated carbocycles. The highest BCUT2D eigenvalue weighted by atomic mass is 35.5. The van der Waals surface area contributed by atoms with Crippen molar-refractivity contribution in [3.63, 3.8) is 0 Å². The molecule has 2 fully saturated rings. The summed E-state index contributed by atoms with van der Waals surface area (Å²) in [6.07, 6.45) is 3.47. The zero-order valence-electron chi connectivity index (χ0n) is 15.9. The number of aromatic nitrogens is 1. The van der Waals surface area contributed by atoms with Crippen molar-refractivity contribution in [2.75, 3.05) is 12.4 Å². The van der Waals surface area contributed by atoms with Crippen LogP contribution in [0.25, 0.3) is 0 Å². The van der Waals surface area contributed by atoms with E-state index in [1.54, 1.807) is 11.3 Å². The third-order valence-corrected chi connectivity index (χ3v) is 6.48. The molecule has 5 nitrogen and oxygen atoms in total. The fourth-order valence-corrected chi connectivity index (χ4v) is 5.21. The molecule has 2 aromatic rings. The Morgan fingerprint density at radius 2 is 2.07 bits per heavy atom. The zero-order valence-corrected chi connectivity index (χ0v) is 18.4. The fourth-order valence-electron chi connectivity index (χ4n) is 4.66. The summed E-state index contributed by atoms with van der Waals surface area (Å²) in [5.74, 6) is 1.09. The molecule has 1 aromatic carbocycles. The number of fused-ring (bicyclic) bond motifs is 2. The number of carbonyl (C=O) groups excluding carboxylic acids is 1. The van der Waals surface area contributed by atoms with Crippen molar-refractivity contribution in [2.45, 2.75) is 38.4 Å². The number of amides is 1. The number of rotatable bonds is 6. The number of carbonyl (C=O) groups is 1. The van der Waals surface area contributed by atoms with Gasteiger partial charge in [0.25, 0.3) is 0 Å². The van der Waals surface area contributed by atoms with Crippen molar-refractivity contribution in [1.29, 1.82) is 0 Å². The largest absolute Gasteiger partial charge is 0.327 e. The molecular weight excluding hydrogens is 415 g/mol. The molecule has 2 bridgehead atoms. The van der Waals surface area contributed by atoms with Gasteiger partial charge in [-0.1, -0.05) is 12.1 Å². The molecule has 154 valence electrons. The number of hydrogen-bond donors (Lipinski definition) is 2. The second-order valence-electron chi connectivity index (χ2n) is 7.78. The van der Waals surface area contributed by atoms with Gasteiger partial charge in [-0.3, -0.25) is 9.69 Å². The number of nitrogens with one attached hydrogen (secondary N) is 1. The molecule has 1 aromatic heterocycles. The average molecular weight is 443 g/mol. The molecule has 0 saturated heterocycles. The summed E-state index contributed by atoms with van der Waals surface area (Å²) >= 11 is 1.62. The minimum Gasteiger partial charge on any atom is -0.327 e. The Balaban J connectivity index is 0.00000140. The van der Waals surface area contributed by atoms with Crippen molar-refractivity contribution < 1.29 is 4.79 Å². The zero-order chi connectivity index (χ0) is 18.1. The molecule has 0 aliphatic heterocycles. The summed E-state index contributed by atoms with van der Waals surface area (Å²) in [5, 5.41) is 5.19. The molecule has 4 atom stereocenters. The smallest absolute Gasteiger partial charge is 0.229 e. The fraction of sp³-hybridized carbons (Fsp3) is 0.500. The standard InChI is InChI=1S/C20H26N4OS.2ClH/c1-24(10-17-11-26-12-22-17)9-13-3-2-4-16(7-13)23-20(25)18-14-5-6-15(8-14)19(18)21;;/h2-4,7,11-12,14-15,18-19H,5-6,8-10,21H2,1H3,(H,23,25);2*1H. The first kappa shape index (κ1) is 23.1. The minimum atomic E-state index is -0.0234. The van der Waals surface area contributed by atoms with E-state index in [2.05, 4.69) is 39.8 Å². The van der Waals surface area contributed by atoms with Crippen molar-refractivity contribution in [1.82, 2.24) is 9.88 Å². The first-order valence-corrected chi connectivity index (χ1v) is 10.3. The molecule has 1 amide bonds. The number of thiazole rings is 1. The Bertz CT molecular complexity index is 771. The Kier molecular flexibility index (Phi) is 8.28. The van der Waals surface area contributed by atoms with E-state index in [1.165, 1.54) is 12.0 Å². The van der Waals surface area contributed by atoms with E-state index >= 15 is 0 Å². The van der Waals surface area contributed by atoms with Crippen LogP contribution in [0.4, 0.5) is 5.69 Å². The van der Waals surface area contributed by atoms with Gasteiger partial charge in [0.15, 0.2) is 0 Å². The van der Waals surface area contributed by atoms with Gasteiger partial charge < -0.3 is 11.1 Å². The Morgan fingerprint density at radius 1 is 1.29 bits per heavy atom. The number of nitrogens with two attached hydrogens (primary N) is 1. The number of benzene rings is 1. The summed E-state index contributed by atoms with van der Waals surface area (Å²) in [6, 6.07) is 8.15. The van der Waals surface area contributed by atoms with Crippen LogP contribution >= 0.6 is 36.2 Å². The normalized spacial score (nSPS) is 25.2. The van der Waals surface area contributed by atoms with E-state index in [4.69, 9.17) is 5.73 Å². The van der Waals surface area contributed by atoms with E-state index in [0.29, 0.717) is 11.8 Å². The Morgan fingerprint density at radius 3 is 2.75 bits per heavy atom. The van der Waals surface area contributed by atoms with Crippen LogP contribution in [0.1, 0.15) is 30.5 Å². The SMILES string of the molecule is CN(Cc1cccc(NC(=O)C2C3CCC(C3)C2N)c1)Cc1cscn1.Cl.Cl. The van der Waals surface area contributed by atoms with Crippen molar-refractivity contribution in [2.24, 2.45) is 23.5 Å². The summed E-state index contributed by atoms with van der Waals surface area (Å²) in [5.41, 5.74) is 11.3. The lowest BCUT2D eigenvalue weighted by Gasteiger charge is -2.27. The molecule has 0 radical (unpaired) electrons. The second kappa shape index (κ2) is 10.0. The van der Waals surface area contributed by atoms with Crippen LogP contribution in [-0.2, 0) is 17.9 Å². The van der Waals surface area contributed by atoms with Gasteiger partial charge in [-0.15, -0.1) is 36.2 Å². The molecule has 8 heteroatoms. The molecule has 4 rings (SSSR count). The van der Waals surface area contributed by atoms with Crippen LogP contribution in [0.2, 0.25) is 0 Å². The van der Waals surface area contributed by atoms with E-state index in [9.17, 15) is 4.79 Å². The van der Waals surface area contributed by atoms with Gasteiger partial charge in [-0.2, -0.15) is 0 Å². The number of hydrogen-bond acceptors (Lipinski definition) is 5. The van der Waals surface area contributed by atoms with Gasteiger partial charge >= 0.3 is 0 Å². The van der Waals surface area contributed by atoms with E-state index in [0.717, 1.165) is 37.3 Å². The third kappa shape index (κ3) is 5.05. The molecular formula is C20H28Cl2N4OS. The number of anilines is 1. The maximum atomic E-state index is 12.8. The highest BCUT2D eigenvalue weighted by Crippen LogP contribution is 2.47. The molecule has 4 unspecified atom stereocenters. The highest BCUT2D eigenvalue weighted by molar-refractivity contribution is 7.07. The van der Waals surface area contributed by atoms with Gasteiger partial charge in [0, 0.05) is 30.2 Å². The number of halogens is 2. The lowest BCUT2D eigenvalue weighted by atomic mass is 9.84. The van der Waals surface area contributed by atoms with Crippen LogP contribution in [0, 0.1) is 17.8 Å². The Labute approximate surface area is 182 Å². The lowest BCUT2D eigenvalue weighted by molar-refractivity contribution is -0.121. The van der Waals surface area contributed by atoms with Gasteiger partial charge in [0.1, 0.15) is 0 Å². The predicted molar refractivity (Wildman–Crippen MR) is 119 cm³/mol. The molecule has 2 aliphatic rings. The van der Waals surface area contributed by atoms with E-state index in [-0.39, 0.29) is 42.7 Å². The average Bonchev–Trinajstić information content (AvgIpc) is 3.32. The number of nitrogens with zero attached hydrogens (tertiary/aromatic N) is 2. The second-order valence-corrected chi connectivity index (χ2v) is 8.50. The Hall–Kier alpha value is -1.18. The maximum absolute atomic E-state index is 12.8. The topological polar surface area (TPSA) is 71.2 Å². The minimum absolute atomic E-state index is 0. The van der Waals surface area contributed by atoms with Crippen LogP contribution in [0.5, 0.6) is 0 Å². The highest BCUT2D eigenvalue weighted by Gasteiger charge is 2.49. The van der Waals surface area contributed by atoms with Crippen molar-refractivity contribution in [3.05, 3.63) is 46.4 Å². The van der Waals surface area contributed by atoms with E-state index in [1.807, 2.05) is 17.6 Å². The molecule has 0 spiro atoms. The molecule has 3 N–H and O–H groups in total. The van der Waals surface area contributed by atoms with Gasteiger partial charge in [0.2, 0.25) is 5.91 Å². The summed E-state index contributed by atoms with van der Waals surface area (Å²) in [4.78, 5) is 19.3. The monoisotopic (exact) mass is 442 g/mol. The first-order chi connectivity index (χ1) is 12.6. The van der Waals surface area contributed by atoms with Gasteiger partial charge in [-0.25, -0.2) is 4.98 Å².